The van der Waals surface area contributed by atoms with E-state index in [-0.39, 0.29) is 18.2 Å². The minimum Gasteiger partial charge on any atom is -0.467 e. The molecule has 3 aromatic carbocycles. The number of amides is 2. The van der Waals surface area contributed by atoms with E-state index in [1.165, 1.54) is 7.11 Å². The van der Waals surface area contributed by atoms with E-state index in [0.29, 0.717) is 18.5 Å². The Kier molecular flexibility index (Phi) is 7.01. The molecule has 2 amide bonds. The van der Waals surface area contributed by atoms with Crippen molar-refractivity contribution in [3.05, 3.63) is 106 Å². The highest BCUT2D eigenvalue weighted by Gasteiger charge is 2.37. The van der Waals surface area contributed by atoms with Crippen molar-refractivity contribution < 1.29 is 19.1 Å². The Balaban J connectivity index is 1.44. The Morgan fingerprint density at radius 1 is 1.00 bits per heavy atom. The van der Waals surface area contributed by atoms with E-state index in [2.05, 4.69) is 10.3 Å². The number of aromatic nitrogens is 1. The Bertz CT molecular complexity index is 1500. The molecule has 1 unspecified atom stereocenters. The van der Waals surface area contributed by atoms with Crippen LogP contribution in [-0.2, 0) is 33.7 Å². The van der Waals surface area contributed by atoms with Crippen LogP contribution in [-0.4, -0.2) is 46.9 Å². The number of aryl methyl sites for hydroxylation is 2. The van der Waals surface area contributed by atoms with Gasteiger partial charge in [-0.2, -0.15) is 0 Å². The van der Waals surface area contributed by atoms with E-state index in [1.807, 2.05) is 86.8 Å². The molecule has 2 heterocycles. The van der Waals surface area contributed by atoms with Crippen molar-refractivity contribution in [1.82, 2.24) is 15.2 Å². The molecule has 1 aliphatic heterocycles. The van der Waals surface area contributed by atoms with Crippen LogP contribution in [0.1, 0.15) is 38.2 Å². The van der Waals surface area contributed by atoms with Gasteiger partial charge in [0, 0.05) is 42.0 Å². The quantitative estimate of drug-likeness (QED) is 0.380. The van der Waals surface area contributed by atoms with Crippen LogP contribution in [0.15, 0.2) is 72.9 Å². The first kappa shape index (κ1) is 25.3. The van der Waals surface area contributed by atoms with Gasteiger partial charge in [0.1, 0.15) is 12.1 Å². The number of rotatable bonds is 6. The number of benzene rings is 3. The van der Waals surface area contributed by atoms with E-state index < -0.39 is 18.1 Å². The third-order valence-electron chi connectivity index (χ3n) is 7.18. The number of nitrogens with one attached hydrogen (secondary N) is 2. The fourth-order valence-corrected chi connectivity index (χ4v) is 5.36. The second kappa shape index (κ2) is 10.5. The second-order valence-corrected chi connectivity index (χ2v) is 9.95. The summed E-state index contributed by atoms with van der Waals surface area (Å²) in [6, 6.07) is 19.7. The average Bonchev–Trinajstić information content (AvgIpc) is 3.33. The van der Waals surface area contributed by atoms with Gasteiger partial charge in [0.05, 0.1) is 7.11 Å². The zero-order valence-electron chi connectivity index (χ0n) is 21.8. The predicted molar refractivity (Wildman–Crippen MR) is 146 cm³/mol. The maximum atomic E-state index is 13.8. The number of hydrogen-bond donors (Lipinski definition) is 2. The van der Waals surface area contributed by atoms with Crippen molar-refractivity contribution in [3.63, 3.8) is 0 Å². The van der Waals surface area contributed by atoms with Crippen LogP contribution in [0, 0.1) is 13.8 Å². The van der Waals surface area contributed by atoms with Crippen molar-refractivity contribution in [1.29, 1.82) is 0 Å². The van der Waals surface area contributed by atoms with E-state index >= 15 is 0 Å². The van der Waals surface area contributed by atoms with Crippen LogP contribution in [0.4, 0.5) is 0 Å². The van der Waals surface area contributed by atoms with Gasteiger partial charge in [-0.1, -0.05) is 59.7 Å². The lowest BCUT2D eigenvalue weighted by atomic mass is 9.92. The third-order valence-corrected chi connectivity index (χ3v) is 7.18. The van der Waals surface area contributed by atoms with Crippen molar-refractivity contribution >= 4 is 28.7 Å². The molecular formula is C31H31N3O4. The third kappa shape index (κ3) is 5.05. The van der Waals surface area contributed by atoms with Crippen LogP contribution in [0.3, 0.4) is 0 Å². The molecule has 0 radical (unpaired) electrons. The molecule has 0 saturated carbocycles. The number of aromatic amines is 1. The predicted octanol–water partition coefficient (Wildman–Crippen LogP) is 4.25. The van der Waals surface area contributed by atoms with Crippen LogP contribution < -0.4 is 5.32 Å². The summed E-state index contributed by atoms with van der Waals surface area (Å²) in [6.07, 6.45) is 2.47. The molecular weight excluding hydrogens is 478 g/mol. The summed E-state index contributed by atoms with van der Waals surface area (Å²) >= 11 is 0. The normalized spacial score (nSPS) is 15.6. The summed E-state index contributed by atoms with van der Waals surface area (Å²) in [4.78, 5) is 45.1. The molecule has 0 fully saturated rings. The molecule has 4 aromatic rings. The number of carbonyl (C=O) groups excluding carboxylic acids is 3. The van der Waals surface area contributed by atoms with Crippen molar-refractivity contribution in [2.24, 2.45) is 0 Å². The Morgan fingerprint density at radius 3 is 2.42 bits per heavy atom. The van der Waals surface area contributed by atoms with E-state index in [1.54, 1.807) is 4.90 Å². The standard InChI is InChI=1S/C31H31N3O4/c1-19-12-20(2)14-23(13-19)30(36)34-18-22-9-5-4-8-21(22)16-28(34)29(35)33-27(31(37)38-3)15-24-17-32-26-11-7-6-10-25(24)26/h4-14,17,27-28,32H,15-16,18H2,1-3H3,(H,33,35)/t27-,28?/m0/s1. The number of H-pyrrole nitrogens is 1. The first-order chi connectivity index (χ1) is 18.3. The highest BCUT2D eigenvalue weighted by molar-refractivity contribution is 5.99. The van der Waals surface area contributed by atoms with Crippen LogP contribution in [0.5, 0.6) is 0 Å². The number of ether oxygens (including phenoxy) is 1. The molecule has 38 heavy (non-hydrogen) atoms. The summed E-state index contributed by atoms with van der Waals surface area (Å²) in [5.74, 6) is -1.13. The van der Waals surface area contributed by atoms with E-state index in [9.17, 15) is 14.4 Å². The van der Waals surface area contributed by atoms with Crippen molar-refractivity contribution in [3.8, 4) is 0 Å². The smallest absolute Gasteiger partial charge is 0.328 e. The number of nitrogens with zero attached hydrogens (tertiary/aromatic N) is 1. The number of carbonyl (C=O) groups is 3. The lowest BCUT2D eigenvalue weighted by Gasteiger charge is -2.36. The fourth-order valence-electron chi connectivity index (χ4n) is 5.36. The molecule has 0 bridgehead atoms. The number of hydrogen-bond acceptors (Lipinski definition) is 4. The largest absolute Gasteiger partial charge is 0.467 e. The monoisotopic (exact) mass is 509 g/mol. The van der Waals surface area contributed by atoms with Crippen LogP contribution in [0.2, 0.25) is 0 Å². The molecule has 5 rings (SSSR count). The van der Waals surface area contributed by atoms with Gasteiger partial charge >= 0.3 is 5.97 Å². The molecule has 7 nitrogen and oxygen atoms in total. The van der Waals surface area contributed by atoms with E-state index in [0.717, 1.165) is 38.7 Å². The van der Waals surface area contributed by atoms with Gasteiger partial charge in [-0.15, -0.1) is 0 Å². The molecule has 2 N–H and O–H groups in total. The van der Waals surface area contributed by atoms with Crippen molar-refractivity contribution in [2.75, 3.05) is 7.11 Å². The topological polar surface area (TPSA) is 91.5 Å². The highest BCUT2D eigenvalue weighted by Crippen LogP contribution is 2.26. The van der Waals surface area contributed by atoms with Gasteiger partial charge < -0.3 is 19.9 Å². The summed E-state index contributed by atoms with van der Waals surface area (Å²) in [7, 11) is 1.31. The minimum absolute atomic E-state index is 0.210. The summed E-state index contributed by atoms with van der Waals surface area (Å²) in [5.41, 5.74) is 6.39. The Morgan fingerprint density at radius 2 is 1.68 bits per heavy atom. The van der Waals surface area contributed by atoms with Gasteiger partial charge in [-0.25, -0.2) is 4.79 Å². The molecule has 2 atom stereocenters. The van der Waals surface area contributed by atoms with E-state index in [4.69, 9.17) is 4.74 Å². The first-order valence-corrected chi connectivity index (χ1v) is 12.7. The number of fused-ring (bicyclic) bond motifs is 2. The van der Waals surface area contributed by atoms with Gasteiger partial charge in [0.15, 0.2) is 0 Å². The van der Waals surface area contributed by atoms with Crippen molar-refractivity contribution in [2.45, 2.75) is 45.3 Å². The minimum atomic E-state index is -0.901. The first-order valence-electron chi connectivity index (χ1n) is 12.7. The summed E-state index contributed by atoms with van der Waals surface area (Å²) < 4.78 is 5.04. The zero-order valence-corrected chi connectivity index (χ0v) is 21.8. The molecule has 0 spiro atoms. The second-order valence-electron chi connectivity index (χ2n) is 9.95. The summed E-state index contributed by atoms with van der Waals surface area (Å²) in [5, 5.41) is 3.89. The molecule has 1 aromatic heterocycles. The van der Waals surface area contributed by atoms with Gasteiger partial charge in [0.2, 0.25) is 5.91 Å². The average molecular weight is 510 g/mol. The zero-order chi connectivity index (χ0) is 26.8. The maximum Gasteiger partial charge on any atom is 0.328 e. The Labute approximate surface area is 221 Å². The SMILES string of the molecule is COC(=O)[C@H](Cc1c[nH]c2ccccc12)NC(=O)C1Cc2ccccc2CN1C(=O)c1cc(C)cc(C)c1. The fraction of sp³-hybridized carbons (Fsp3) is 0.258. The van der Waals surface area contributed by atoms with Crippen LogP contribution in [0.25, 0.3) is 10.9 Å². The summed E-state index contributed by atoms with van der Waals surface area (Å²) in [6.45, 7) is 4.21. The molecule has 0 aliphatic carbocycles. The number of methoxy groups -OCH3 is 1. The Hall–Kier alpha value is -4.39. The highest BCUT2D eigenvalue weighted by atomic mass is 16.5. The lowest BCUT2D eigenvalue weighted by molar-refractivity contribution is -0.145. The van der Waals surface area contributed by atoms with Gasteiger partial charge in [-0.05, 0) is 48.7 Å². The number of esters is 1. The molecule has 0 saturated heterocycles. The van der Waals surface area contributed by atoms with Gasteiger partial charge in [-0.3, -0.25) is 9.59 Å². The van der Waals surface area contributed by atoms with Gasteiger partial charge in [0.25, 0.3) is 5.91 Å². The maximum absolute atomic E-state index is 13.8. The molecule has 1 aliphatic rings. The van der Waals surface area contributed by atoms with Crippen LogP contribution >= 0.6 is 0 Å². The molecule has 194 valence electrons. The number of para-hydroxylation sites is 1. The lowest BCUT2D eigenvalue weighted by Crippen LogP contribution is -2.56. The molecule has 7 heteroatoms.